The van der Waals surface area contributed by atoms with Crippen LogP contribution in [0.4, 0.5) is 9.59 Å². The normalized spacial score (nSPS) is 19.9. The molecule has 18 nitrogen and oxygen atoms in total. The molecule has 3 aliphatic rings. The van der Waals surface area contributed by atoms with Crippen molar-refractivity contribution in [2.75, 3.05) is 47.1 Å². The van der Waals surface area contributed by atoms with E-state index in [1.165, 1.54) is 14.2 Å². The van der Waals surface area contributed by atoms with Crippen molar-refractivity contribution in [2.24, 2.45) is 7.05 Å². The van der Waals surface area contributed by atoms with Gasteiger partial charge in [-0.25, -0.2) is 24.5 Å². The highest BCUT2D eigenvalue weighted by molar-refractivity contribution is 5.87. The summed E-state index contributed by atoms with van der Waals surface area (Å²) in [5.41, 5.74) is 5.34. The Bertz CT molecular complexity index is 2370. The number of nitrogens with one attached hydrogen (secondary N) is 4. The summed E-state index contributed by atoms with van der Waals surface area (Å²) in [5.74, 6) is 2.26. The second kappa shape index (κ2) is 18.9. The smallest absolute Gasteiger partial charge is 0.407 e. The third-order valence-corrected chi connectivity index (χ3v) is 11.8. The van der Waals surface area contributed by atoms with Crippen molar-refractivity contribution < 1.29 is 38.1 Å². The first kappa shape index (κ1) is 42.0. The maximum Gasteiger partial charge on any atom is 0.407 e. The molecule has 2 fully saturated rings. The molecule has 8 rings (SSSR count). The number of H-pyrrole nitrogens is 2. The van der Waals surface area contributed by atoms with Crippen LogP contribution in [0.25, 0.3) is 33.6 Å². The molecule has 62 heavy (non-hydrogen) atoms. The van der Waals surface area contributed by atoms with Crippen molar-refractivity contribution in [3.05, 3.63) is 84.7 Å². The number of aryl methyl sites for hydroxylation is 1. The molecule has 2 bridgehead atoms. The van der Waals surface area contributed by atoms with Crippen LogP contribution in [0.1, 0.15) is 68.1 Å². The van der Waals surface area contributed by atoms with Crippen molar-refractivity contribution in [2.45, 2.75) is 69.1 Å². The Labute approximate surface area is 358 Å². The lowest BCUT2D eigenvalue weighted by Gasteiger charge is -2.28. The third-order valence-electron chi connectivity index (χ3n) is 11.8. The van der Waals surface area contributed by atoms with Crippen LogP contribution in [0, 0.1) is 0 Å². The standard InChI is InChI=1S/C44H52N10O8/c1-52-19-16-45-38(52)23-31(50-43(57)59-2)41(55)53-17-6-8-35(53)39-46-24-32(48-39)28-12-10-27(11-13-28)29-14-15-30-33-25-47-40(49-33)36-9-7-18-54(36)42(56)34(51-44(58)60-3)26-61-20-4-5-21-62-37(30)22-29/h10-16,19,22,24-25,31,34-36H,4-9,17-18,20-21,23,26H2,1-3H3,(H,46,48)(H,47,49)(H,50,57)(H,51,58)/t31-,34-,35-,36-/m0/s1. The molecule has 0 unspecified atom stereocenters. The van der Waals surface area contributed by atoms with Gasteiger partial charge in [0.25, 0.3) is 0 Å². The molecule has 0 aliphatic carbocycles. The van der Waals surface area contributed by atoms with Crippen LogP contribution in [0.2, 0.25) is 0 Å². The molecule has 2 aromatic carbocycles. The molecule has 326 valence electrons. The van der Waals surface area contributed by atoms with Crippen molar-refractivity contribution >= 4 is 24.0 Å². The van der Waals surface area contributed by atoms with Crippen molar-refractivity contribution in [3.63, 3.8) is 0 Å². The van der Waals surface area contributed by atoms with Gasteiger partial charge in [0.2, 0.25) is 11.8 Å². The number of imidazole rings is 3. The first-order valence-corrected chi connectivity index (χ1v) is 21.0. The van der Waals surface area contributed by atoms with Crippen LogP contribution in [0.3, 0.4) is 0 Å². The van der Waals surface area contributed by atoms with Gasteiger partial charge in [-0.3, -0.25) is 9.59 Å². The highest BCUT2D eigenvalue weighted by atomic mass is 16.5. The fourth-order valence-corrected chi connectivity index (χ4v) is 8.45. The monoisotopic (exact) mass is 848 g/mol. The molecule has 5 aromatic rings. The van der Waals surface area contributed by atoms with Gasteiger partial charge < -0.3 is 53.9 Å². The highest BCUT2D eigenvalue weighted by Crippen LogP contribution is 2.38. The third kappa shape index (κ3) is 9.14. The number of alkyl carbamates (subject to hydrolysis) is 2. The Balaban J connectivity index is 0.990. The van der Waals surface area contributed by atoms with Gasteiger partial charge in [0, 0.05) is 51.1 Å². The number of carbonyl (C=O) groups excluding carboxylic acids is 4. The van der Waals surface area contributed by atoms with Crippen molar-refractivity contribution in [3.8, 4) is 39.4 Å². The minimum atomic E-state index is -0.881. The molecule has 6 heterocycles. The van der Waals surface area contributed by atoms with Crippen molar-refractivity contribution in [1.29, 1.82) is 0 Å². The lowest BCUT2D eigenvalue weighted by Crippen LogP contribution is -2.50. The summed E-state index contributed by atoms with van der Waals surface area (Å²) in [7, 11) is 4.39. The van der Waals surface area contributed by atoms with Crippen LogP contribution in [0.5, 0.6) is 5.75 Å². The average Bonchev–Trinajstić information content (AvgIpc) is 4.15. The molecule has 4 atom stereocenters. The number of aromatic amines is 2. The Morgan fingerprint density at radius 2 is 1.53 bits per heavy atom. The van der Waals surface area contributed by atoms with Gasteiger partial charge in [-0.15, -0.1) is 0 Å². The zero-order valence-corrected chi connectivity index (χ0v) is 35.1. The molecule has 3 aliphatic heterocycles. The molecule has 4 N–H and O–H groups in total. The quantitative estimate of drug-likeness (QED) is 0.162. The lowest BCUT2D eigenvalue weighted by molar-refractivity contribution is -0.136. The Morgan fingerprint density at radius 1 is 0.839 bits per heavy atom. The van der Waals surface area contributed by atoms with E-state index in [9.17, 15) is 19.2 Å². The number of hydrogen-bond acceptors (Lipinski definition) is 11. The van der Waals surface area contributed by atoms with Gasteiger partial charge in [-0.05, 0) is 67.3 Å². The van der Waals surface area contributed by atoms with E-state index >= 15 is 0 Å². The summed E-state index contributed by atoms with van der Waals surface area (Å²) >= 11 is 0. The van der Waals surface area contributed by atoms with E-state index in [-0.39, 0.29) is 36.9 Å². The number of benzene rings is 2. The van der Waals surface area contributed by atoms with E-state index < -0.39 is 24.3 Å². The molecule has 2 saturated heterocycles. The summed E-state index contributed by atoms with van der Waals surface area (Å²) in [4.78, 5) is 76.3. The van der Waals surface area contributed by atoms with Gasteiger partial charge in [0.15, 0.2) is 0 Å². The molecular weight excluding hydrogens is 797 g/mol. The fourth-order valence-electron chi connectivity index (χ4n) is 8.45. The minimum absolute atomic E-state index is 0.0277. The summed E-state index contributed by atoms with van der Waals surface area (Å²) in [6.45, 7) is 1.94. The van der Waals surface area contributed by atoms with Crippen LogP contribution >= 0.6 is 0 Å². The predicted molar refractivity (Wildman–Crippen MR) is 226 cm³/mol. The summed E-state index contributed by atoms with van der Waals surface area (Å²) in [5, 5.41) is 5.35. The van der Waals surface area contributed by atoms with Gasteiger partial charge in [0.1, 0.15) is 35.3 Å². The minimum Gasteiger partial charge on any atom is -0.493 e. The maximum atomic E-state index is 14.0. The number of methoxy groups -OCH3 is 2. The Hall–Kier alpha value is -6.69. The highest BCUT2D eigenvalue weighted by Gasteiger charge is 2.38. The van der Waals surface area contributed by atoms with E-state index in [1.54, 1.807) is 34.6 Å². The zero-order valence-electron chi connectivity index (χ0n) is 35.1. The van der Waals surface area contributed by atoms with E-state index in [4.69, 9.17) is 28.9 Å². The topological polar surface area (TPSA) is 211 Å². The molecule has 4 amide bonds. The second-order valence-corrected chi connectivity index (χ2v) is 15.7. The molecule has 0 saturated carbocycles. The number of ether oxygens (including phenoxy) is 4. The van der Waals surface area contributed by atoms with E-state index in [2.05, 4.69) is 43.8 Å². The molecule has 3 aromatic heterocycles. The van der Waals surface area contributed by atoms with E-state index in [0.717, 1.165) is 59.3 Å². The summed E-state index contributed by atoms with van der Waals surface area (Å²) in [6.07, 6.45) is 10.3. The summed E-state index contributed by atoms with van der Waals surface area (Å²) in [6, 6.07) is 12.0. The lowest BCUT2D eigenvalue weighted by atomic mass is 10.00. The molecule has 0 radical (unpaired) electrons. The largest absolute Gasteiger partial charge is 0.493 e. The molecular formula is C44H52N10O8. The van der Waals surface area contributed by atoms with Crippen LogP contribution < -0.4 is 15.4 Å². The van der Waals surface area contributed by atoms with Gasteiger partial charge in [-0.2, -0.15) is 0 Å². The molecule has 0 spiro atoms. The second-order valence-electron chi connectivity index (χ2n) is 15.7. The van der Waals surface area contributed by atoms with Gasteiger partial charge in [0.05, 0.1) is 63.3 Å². The van der Waals surface area contributed by atoms with Crippen LogP contribution in [-0.4, -0.2) is 123 Å². The Kier molecular flexibility index (Phi) is 12.8. The van der Waals surface area contributed by atoms with E-state index in [0.29, 0.717) is 62.4 Å². The first-order chi connectivity index (χ1) is 30.2. The van der Waals surface area contributed by atoms with E-state index in [1.807, 2.05) is 35.9 Å². The fraction of sp³-hybridized carbons (Fsp3) is 0.432. The number of aromatic nitrogens is 6. The number of nitrogens with zero attached hydrogens (tertiary/aromatic N) is 6. The van der Waals surface area contributed by atoms with Crippen LogP contribution in [0.15, 0.2) is 67.3 Å². The maximum absolute atomic E-state index is 14.0. The number of likely N-dealkylation sites (tertiary alicyclic amines) is 1. The van der Waals surface area contributed by atoms with Gasteiger partial charge in [-0.1, -0.05) is 30.3 Å². The number of hydrogen-bond donors (Lipinski definition) is 4. The number of fused-ring (bicyclic) bond motifs is 6. The van der Waals surface area contributed by atoms with Crippen LogP contribution in [-0.2, 0) is 37.3 Å². The van der Waals surface area contributed by atoms with Gasteiger partial charge >= 0.3 is 12.2 Å². The number of amides is 4. The Morgan fingerprint density at radius 3 is 2.31 bits per heavy atom. The summed E-state index contributed by atoms with van der Waals surface area (Å²) < 4.78 is 23.8. The van der Waals surface area contributed by atoms with Crippen molar-refractivity contribution in [1.82, 2.24) is 49.9 Å². The zero-order chi connectivity index (χ0) is 43.2. The molecule has 18 heteroatoms. The number of rotatable bonds is 8. The first-order valence-electron chi connectivity index (χ1n) is 21.0. The average molecular weight is 849 g/mol. The SMILES string of the molecule is COC(=O)N[C@@H](Cc1nccn1C)C(=O)N1CCC[C@H]1c1ncc(-c2ccc(-c3ccc4c(c3)OCCCCOC[C@H](NC(=O)OC)C(=O)N3CCC[C@H]3c3ncc-4[nH]3)cc2)[nH]1. The predicted octanol–water partition coefficient (Wildman–Crippen LogP) is 5.08. The number of carbonyl (C=O) groups is 4.